The summed E-state index contributed by atoms with van der Waals surface area (Å²) in [7, 11) is 1.33. The molecule has 118 valence electrons. The van der Waals surface area contributed by atoms with Gasteiger partial charge in [-0.2, -0.15) is 13.2 Å². The molecule has 1 aromatic carbocycles. The Bertz CT molecular complexity index is 491. The lowest BCUT2D eigenvalue weighted by Gasteiger charge is -2.19. The molecule has 8 heteroatoms. The Morgan fingerprint density at radius 1 is 1.43 bits per heavy atom. The zero-order valence-corrected chi connectivity index (χ0v) is 11.5. The van der Waals surface area contributed by atoms with Crippen LogP contribution < -0.4 is 10.1 Å². The van der Waals surface area contributed by atoms with Crippen molar-refractivity contribution < 1.29 is 32.5 Å². The van der Waals surface area contributed by atoms with Crippen molar-refractivity contribution in [3.63, 3.8) is 0 Å². The third kappa shape index (κ3) is 5.14. The van der Waals surface area contributed by atoms with Crippen LogP contribution in [0.25, 0.3) is 0 Å². The summed E-state index contributed by atoms with van der Waals surface area (Å²) in [6.45, 7) is 0.221. The Labute approximate surface area is 119 Å². The van der Waals surface area contributed by atoms with Gasteiger partial charge in [-0.3, -0.25) is 5.32 Å². The molecule has 0 spiro atoms. The van der Waals surface area contributed by atoms with Gasteiger partial charge < -0.3 is 14.6 Å². The second-order valence-electron chi connectivity index (χ2n) is 4.11. The summed E-state index contributed by atoms with van der Waals surface area (Å²) in [5.74, 6) is -0.985. The molecule has 1 unspecified atom stereocenters. The molecule has 21 heavy (non-hydrogen) atoms. The quantitative estimate of drug-likeness (QED) is 0.788. The average molecular weight is 307 g/mol. The number of ether oxygens (including phenoxy) is 2. The van der Waals surface area contributed by atoms with Crippen molar-refractivity contribution in [2.75, 3.05) is 20.3 Å². The number of halogens is 3. The number of carbonyl (C=O) groups excluding carboxylic acids is 1. The fraction of sp³-hybridized carbons (Fsp3) is 0.462. The van der Waals surface area contributed by atoms with Gasteiger partial charge in [-0.05, 0) is 24.6 Å². The third-order valence-corrected chi connectivity index (χ3v) is 2.57. The molecule has 0 bridgehead atoms. The number of carbonyl (C=O) groups is 1. The lowest BCUT2D eigenvalue weighted by atomic mass is 10.1. The van der Waals surface area contributed by atoms with Crippen LogP contribution in [0.1, 0.15) is 18.5 Å². The minimum atomic E-state index is -4.47. The monoisotopic (exact) mass is 307 g/mol. The number of benzene rings is 1. The number of phenols is 1. The van der Waals surface area contributed by atoms with Crippen LogP contribution in [0.2, 0.25) is 0 Å². The zero-order valence-electron chi connectivity index (χ0n) is 11.5. The molecule has 5 nitrogen and oxygen atoms in total. The SMILES string of the molecule is CCOC(=O)C(NCC(F)(F)F)c1ccc(OC)c(O)c1. The molecule has 0 aromatic heterocycles. The van der Waals surface area contributed by atoms with Crippen LogP contribution in [0.4, 0.5) is 13.2 Å². The highest BCUT2D eigenvalue weighted by molar-refractivity contribution is 5.78. The summed E-state index contributed by atoms with van der Waals surface area (Å²) in [6, 6.07) is 2.56. The first-order valence-electron chi connectivity index (χ1n) is 6.12. The van der Waals surface area contributed by atoms with Gasteiger partial charge in [0.2, 0.25) is 0 Å². The number of methoxy groups -OCH3 is 1. The van der Waals surface area contributed by atoms with Gasteiger partial charge in [0.25, 0.3) is 0 Å². The Hall–Kier alpha value is -1.96. The van der Waals surface area contributed by atoms with Crippen molar-refractivity contribution in [1.29, 1.82) is 0 Å². The topological polar surface area (TPSA) is 67.8 Å². The second-order valence-corrected chi connectivity index (χ2v) is 4.11. The molecule has 2 N–H and O–H groups in total. The lowest BCUT2D eigenvalue weighted by Crippen LogP contribution is -2.36. The van der Waals surface area contributed by atoms with Gasteiger partial charge >= 0.3 is 12.1 Å². The fourth-order valence-electron chi connectivity index (χ4n) is 1.67. The van der Waals surface area contributed by atoms with Gasteiger partial charge in [-0.1, -0.05) is 6.07 Å². The number of aromatic hydroxyl groups is 1. The van der Waals surface area contributed by atoms with E-state index in [-0.39, 0.29) is 23.7 Å². The van der Waals surface area contributed by atoms with E-state index in [1.165, 1.54) is 19.2 Å². The summed E-state index contributed by atoms with van der Waals surface area (Å²) in [6.07, 6.45) is -4.47. The normalized spacial score (nSPS) is 12.8. The average Bonchev–Trinajstić information content (AvgIpc) is 2.38. The molecule has 0 aliphatic heterocycles. The van der Waals surface area contributed by atoms with E-state index in [4.69, 9.17) is 9.47 Å². The first-order valence-corrected chi connectivity index (χ1v) is 6.12. The smallest absolute Gasteiger partial charge is 0.401 e. The number of esters is 1. The Balaban J connectivity index is 2.99. The fourth-order valence-corrected chi connectivity index (χ4v) is 1.67. The molecule has 1 rings (SSSR count). The van der Waals surface area contributed by atoms with Crippen molar-refractivity contribution in [3.05, 3.63) is 23.8 Å². The number of hydrogen-bond donors (Lipinski definition) is 2. The molecule has 0 aliphatic carbocycles. The van der Waals surface area contributed by atoms with Gasteiger partial charge in [0.15, 0.2) is 11.5 Å². The molecule has 0 saturated heterocycles. The Morgan fingerprint density at radius 2 is 2.10 bits per heavy atom. The van der Waals surface area contributed by atoms with Gasteiger partial charge in [-0.15, -0.1) is 0 Å². The van der Waals surface area contributed by atoms with Crippen molar-refractivity contribution in [3.8, 4) is 11.5 Å². The minimum absolute atomic E-state index is 0.0329. The lowest BCUT2D eigenvalue weighted by molar-refractivity contribution is -0.149. The Kier molecular flexibility index (Phi) is 5.83. The second kappa shape index (κ2) is 7.16. The van der Waals surface area contributed by atoms with Crippen LogP contribution in [0, 0.1) is 0 Å². The summed E-state index contributed by atoms with van der Waals surface area (Å²) in [5, 5.41) is 11.7. The standard InChI is InChI=1S/C13H16F3NO4/c1-3-21-12(19)11(17-7-13(14,15)16)8-4-5-10(20-2)9(18)6-8/h4-6,11,17-18H,3,7H2,1-2H3. The number of alkyl halides is 3. The van der Waals surface area contributed by atoms with Crippen LogP contribution in [0.15, 0.2) is 18.2 Å². The van der Waals surface area contributed by atoms with E-state index in [2.05, 4.69) is 5.32 Å². The van der Waals surface area contributed by atoms with Gasteiger partial charge in [-0.25, -0.2) is 4.79 Å². The van der Waals surface area contributed by atoms with Crippen LogP contribution in [0.3, 0.4) is 0 Å². The molecule has 0 saturated carbocycles. The van der Waals surface area contributed by atoms with Crippen molar-refractivity contribution >= 4 is 5.97 Å². The van der Waals surface area contributed by atoms with Gasteiger partial charge in [0, 0.05) is 0 Å². The van der Waals surface area contributed by atoms with E-state index < -0.39 is 24.7 Å². The molecule has 1 aromatic rings. The highest BCUT2D eigenvalue weighted by atomic mass is 19.4. The molecule has 0 heterocycles. The van der Waals surface area contributed by atoms with E-state index in [0.717, 1.165) is 6.07 Å². The minimum Gasteiger partial charge on any atom is -0.504 e. The highest BCUT2D eigenvalue weighted by Gasteiger charge is 2.31. The van der Waals surface area contributed by atoms with E-state index in [1.54, 1.807) is 6.92 Å². The summed E-state index contributed by atoms with van der Waals surface area (Å²) >= 11 is 0. The van der Waals surface area contributed by atoms with E-state index in [9.17, 15) is 23.1 Å². The van der Waals surface area contributed by atoms with Crippen molar-refractivity contribution in [2.45, 2.75) is 19.1 Å². The van der Waals surface area contributed by atoms with Crippen LogP contribution in [-0.2, 0) is 9.53 Å². The molecule has 0 amide bonds. The summed E-state index contributed by atoms with van der Waals surface area (Å²) in [5.41, 5.74) is 0.149. The van der Waals surface area contributed by atoms with Gasteiger partial charge in [0.1, 0.15) is 6.04 Å². The van der Waals surface area contributed by atoms with Crippen LogP contribution >= 0.6 is 0 Å². The van der Waals surface area contributed by atoms with Crippen LogP contribution in [-0.4, -0.2) is 37.5 Å². The molecule has 0 aliphatic rings. The highest BCUT2D eigenvalue weighted by Crippen LogP contribution is 2.29. The number of rotatable bonds is 6. The summed E-state index contributed by atoms with van der Waals surface area (Å²) in [4.78, 5) is 11.8. The first-order chi connectivity index (χ1) is 9.78. The van der Waals surface area contributed by atoms with E-state index in [0.29, 0.717) is 0 Å². The van der Waals surface area contributed by atoms with Crippen molar-refractivity contribution in [1.82, 2.24) is 5.32 Å². The maximum absolute atomic E-state index is 12.3. The van der Waals surface area contributed by atoms with Gasteiger partial charge in [0.05, 0.1) is 20.3 Å². The largest absolute Gasteiger partial charge is 0.504 e. The zero-order chi connectivity index (χ0) is 16.0. The third-order valence-electron chi connectivity index (χ3n) is 2.57. The van der Waals surface area contributed by atoms with Crippen LogP contribution in [0.5, 0.6) is 11.5 Å². The maximum atomic E-state index is 12.3. The maximum Gasteiger partial charge on any atom is 0.401 e. The predicted molar refractivity (Wildman–Crippen MR) is 68.1 cm³/mol. The summed E-state index contributed by atoms with van der Waals surface area (Å²) < 4.78 is 46.5. The van der Waals surface area contributed by atoms with E-state index in [1.807, 2.05) is 0 Å². The molecule has 1 atom stereocenters. The molecular weight excluding hydrogens is 291 g/mol. The first kappa shape index (κ1) is 17.1. The molecular formula is C13H16F3NO4. The number of hydrogen-bond acceptors (Lipinski definition) is 5. The number of nitrogens with one attached hydrogen (secondary N) is 1. The van der Waals surface area contributed by atoms with Crippen molar-refractivity contribution in [2.24, 2.45) is 0 Å². The van der Waals surface area contributed by atoms with E-state index >= 15 is 0 Å². The Morgan fingerprint density at radius 3 is 2.57 bits per heavy atom. The molecule has 0 fully saturated rings. The number of phenolic OH excluding ortho intramolecular Hbond substituents is 1. The molecule has 0 radical (unpaired) electrons. The predicted octanol–water partition coefficient (Wildman–Crippen LogP) is 2.16.